The van der Waals surface area contributed by atoms with E-state index in [1.165, 1.54) is 28.7 Å². The number of thioether (sulfide) groups is 1. The molecule has 0 saturated heterocycles. The van der Waals surface area contributed by atoms with Gasteiger partial charge in [0.1, 0.15) is 0 Å². The first kappa shape index (κ1) is 12.3. The average Bonchev–Trinajstić information content (AvgIpc) is 2.77. The maximum absolute atomic E-state index is 8.73. The average molecular weight is 267 g/mol. The van der Waals surface area contributed by atoms with E-state index in [1.807, 2.05) is 31.2 Å². The van der Waals surface area contributed by atoms with E-state index in [-0.39, 0.29) is 6.61 Å². The third-order valence-corrected chi connectivity index (χ3v) is 4.06. The van der Waals surface area contributed by atoms with Crippen LogP contribution in [0.25, 0.3) is 0 Å². The molecular formula is C11H13N3OS2. The first-order valence-electron chi connectivity index (χ1n) is 5.19. The molecule has 0 aliphatic rings. The summed E-state index contributed by atoms with van der Waals surface area (Å²) in [6.45, 7) is 2.20. The summed E-state index contributed by atoms with van der Waals surface area (Å²) in [5, 5.41) is 20.8. The number of anilines is 2. The highest BCUT2D eigenvalue weighted by molar-refractivity contribution is 8.01. The van der Waals surface area contributed by atoms with Crippen molar-refractivity contribution in [2.24, 2.45) is 0 Å². The predicted molar refractivity (Wildman–Crippen MR) is 72.2 cm³/mol. The highest BCUT2D eigenvalue weighted by Crippen LogP contribution is 2.28. The number of nitrogens with zero attached hydrogens (tertiary/aromatic N) is 2. The Kier molecular flexibility index (Phi) is 4.36. The number of hydrogen-bond donors (Lipinski definition) is 2. The molecule has 1 aromatic heterocycles. The summed E-state index contributed by atoms with van der Waals surface area (Å²) in [5.74, 6) is 0.652. The lowest BCUT2D eigenvalue weighted by Gasteiger charge is -2.04. The molecule has 0 unspecified atom stereocenters. The van der Waals surface area contributed by atoms with E-state index in [0.29, 0.717) is 5.75 Å². The Morgan fingerprint density at radius 1 is 1.35 bits per heavy atom. The van der Waals surface area contributed by atoms with E-state index < -0.39 is 0 Å². The van der Waals surface area contributed by atoms with Gasteiger partial charge >= 0.3 is 0 Å². The molecule has 2 N–H and O–H groups in total. The summed E-state index contributed by atoms with van der Waals surface area (Å²) in [7, 11) is 0. The second kappa shape index (κ2) is 6.00. The molecule has 0 radical (unpaired) electrons. The molecule has 90 valence electrons. The monoisotopic (exact) mass is 267 g/mol. The Balaban J connectivity index is 2.04. The van der Waals surface area contributed by atoms with Crippen molar-refractivity contribution in [3.8, 4) is 0 Å². The topological polar surface area (TPSA) is 58.0 Å². The lowest BCUT2D eigenvalue weighted by Crippen LogP contribution is -1.91. The normalized spacial score (nSPS) is 10.5. The molecule has 0 bridgehead atoms. The molecule has 0 atom stereocenters. The first-order valence-corrected chi connectivity index (χ1v) is 6.99. The molecule has 2 rings (SSSR count). The maximum Gasteiger partial charge on any atom is 0.210 e. The lowest BCUT2D eigenvalue weighted by molar-refractivity contribution is 0.322. The van der Waals surface area contributed by atoms with Gasteiger partial charge in [-0.1, -0.05) is 41.3 Å². The Bertz CT molecular complexity index is 487. The van der Waals surface area contributed by atoms with Crippen molar-refractivity contribution >= 4 is 33.9 Å². The van der Waals surface area contributed by atoms with E-state index in [1.54, 1.807) is 0 Å². The standard InChI is InChI=1S/C11H13N3OS2/c1-8-4-2-3-5-9(8)12-10-13-14-11(17-10)16-7-6-15/h2-5,15H,6-7H2,1H3,(H,12,13). The zero-order valence-corrected chi connectivity index (χ0v) is 11.0. The number of aliphatic hydroxyl groups is 1. The van der Waals surface area contributed by atoms with Crippen molar-refractivity contribution in [3.05, 3.63) is 29.8 Å². The number of aromatic nitrogens is 2. The van der Waals surface area contributed by atoms with Crippen LogP contribution in [0, 0.1) is 6.92 Å². The summed E-state index contributed by atoms with van der Waals surface area (Å²) in [6, 6.07) is 8.04. The largest absolute Gasteiger partial charge is 0.396 e. The molecule has 0 spiro atoms. The van der Waals surface area contributed by atoms with E-state index in [0.717, 1.165) is 15.2 Å². The number of nitrogens with one attached hydrogen (secondary N) is 1. The predicted octanol–water partition coefficient (Wildman–Crippen LogP) is 2.67. The molecule has 1 heterocycles. The fourth-order valence-electron chi connectivity index (χ4n) is 1.28. The van der Waals surface area contributed by atoms with Crippen molar-refractivity contribution in [2.75, 3.05) is 17.7 Å². The number of aryl methyl sites for hydroxylation is 1. The van der Waals surface area contributed by atoms with Gasteiger partial charge in [0.15, 0.2) is 4.34 Å². The lowest BCUT2D eigenvalue weighted by atomic mass is 10.2. The number of benzene rings is 1. The third-order valence-electron chi connectivity index (χ3n) is 2.11. The van der Waals surface area contributed by atoms with Crippen molar-refractivity contribution in [3.63, 3.8) is 0 Å². The van der Waals surface area contributed by atoms with Gasteiger partial charge in [0.2, 0.25) is 5.13 Å². The summed E-state index contributed by atoms with van der Waals surface area (Å²) in [6.07, 6.45) is 0. The minimum Gasteiger partial charge on any atom is -0.396 e. The number of rotatable bonds is 5. The van der Waals surface area contributed by atoms with Crippen molar-refractivity contribution in [1.82, 2.24) is 10.2 Å². The van der Waals surface area contributed by atoms with Gasteiger partial charge in [-0.05, 0) is 18.6 Å². The molecule has 0 aliphatic heterocycles. The van der Waals surface area contributed by atoms with E-state index in [4.69, 9.17) is 5.11 Å². The van der Waals surface area contributed by atoms with Crippen LogP contribution in [0.1, 0.15) is 5.56 Å². The SMILES string of the molecule is Cc1ccccc1Nc1nnc(SCCO)s1. The third kappa shape index (κ3) is 3.42. The highest BCUT2D eigenvalue weighted by Gasteiger charge is 2.05. The minimum absolute atomic E-state index is 0.158. The van der Waals surface area contributed by atoms with Gasteiger partial charge in [0, 0.05) is 11.4 Å². The van der Waals surface area contributed by atoms with Crippen LogP contribution in [0.5, 0.6) is 0 Å². The van der Waals surface area contributed by atoms with Crippen LogP contribution in [0.15, 0.2) is 28.6 Å². The van der Waals surface area contributed by atoms with Crippen molar-refractivity contribution in [1.29, 1.82) is 0 Å². The minimum atomic E-state index is 0.158. The Hall–Kier alpha value is -1.11. The van der Waals surface area contributed by atoms with Crippen LogP contribution in [-0.2, 0) is 0 Å². The van der Waals surface area contributed by atoms with Gasteiger partial charge in [0.25, 0.3) is 0 Å². The van der Waals surface area contributed by atoms with Gasteiger partial charge in [-0.25, -0.2) is 0 Å². The zero-order valence-electron chi connectivity index (χ0n) is 9.38. The second-order valence-electron chi connectivity index (χ2n) is 3.39. The van der Waals surface area contributed by atoms with E-state index in [2.05, 4.69) is 15.5 Å². The van der Waals surface area contributed by atoms with Gasteiger partial charge in [-0.3, -0.25) is 0 Å². The summed E-state index contributed by atoms with van der Waals surface area (Å²) in [4.78, 5) is 0. The van der Waals surface area contributed by atoms with Gasteiger partial charge < -0.3 is 10.4 Å². The fraction of sp³-hybridized carbons (Fsp3) is 0.273. The zero-order chi connectivity index (χ0) is 12.1. The van der Waals surface area contributed by atoms with Crippen LogP contribution in [0.3, 0.4) is 0 Å². The van der Waals surface area contributed by atoms with Crippen LogP contribution < -0.4 is 5.32 Å². The molecule has 0 fully saturated rings. The fourth-order valence-corrected chi connectivity index (χ4v) is 2.86. The van der Waals surface area contributed by atoms with Crippen LogP contribution >= 0.6 is 23.1 Å². The van der Waals surface area contributed by atoms with Gasteiger partial charge in [0.05, 0.1) is 6.61 Å². The number of hydrogen-bond acceptors (Lipinski definition) is 6. The molecule has 0 saturated carbocycles. The maximum atomic E-state index is 8.73. The first-order chi connectivity index (χ1) is 8.29. The summed E-state index contributed by atoms with van der Waals surface area (Å²) in [5.41, 5.74) is 2.22. The van der Waals surface area contributed by atoms with Crippen LogP contribution in [0.2, 0.25) is 0 Å². The molecule has 6 heteroatoms. The quantitative estimate of drug-likeness (QED) is 0.816. The van der Waals surface area contributed by atoms with E-state index in [9.17, 15) is 0 Å². The summed E-state index contributed by atoms with van der Waals surface area (Å²) >= 11 is 3.01. The van der Waals surface area contributed by atoms with Crippen molar-refractivity contribution in [2.45, 2.75) is 11.3 Å². The Morgan fingerprint density at radius 3 is 2.94 bits per heavy atom. The molecule has 0 aliphatic carbocycles. The number of aliphatic hydroxyl groups excluding tert-OH is 1. The van der Waals surface area contributed by atoms with Crippen molar-refractivity contribution < 1.29 is 5.11 Å². The molecular weight excluding hydrogens is 254 g/mol. The molecule has 2 aromatic rings. The highest BCUT2D eigenvalue weighted by atomic mass is 32.2. The smallest absolute Gasteiger partial charge is 0.210 e. The molecule has 4 nitrogen and oxygen atoms in total. The second-order valence-corrected chi connectivity index (χ2v) is 5.70. The Labute approximate surface area is 108 Å². The Morgan fingerprint density at radius 2 is 2.18 bits per heavy atom. The van der Waals surface area contributed by atoms with Gasteiger partial charge in [-0.2, -0.15) is 0 Å². The molecule has 17 heavy (non-hydrogen) atoms. The number of para-hydroxylation sites is 1. The van der Waals surface area contributed by atoms with Gasteiger partial charge in [-0.15, -0.1) is 10.2 Å². The van der Waals surface area contributed by atoms with Crippen LogP contribution in [0.4, 0.5) is 10.8 Å². The van der Waals surface area contributed by atoms with Crippen LogP contribution in [-0.4, -0.2) is 27.7 Å². The molecule has 1 aromatic carbocycles. The summed E-state index contributed by atoms with van der Waals surface area (Å²) < 4.78 is 0.870. The van der Waals surface area contributed by atoms with E-state index >= 15 is 0 Å². The molecule has 0 amide bonds.